The molecule has 0 radical (unpaired) electrons. The van der Waals surface area contributed by atoms with Gasteiger partial charge in [-0.1, -0.05) is 60.7 Å². The van der Waals surface area contributed by atoms with E-state index in [1.165, 1.54) is 12.6 Å². The summed E-state index contributed by atoms with van der Waals surface area (Å²) in [5.74, 6) is -7.43. The van der Waals surface area contributed by atoms with Gasteiger partial charge in [0.25, 0.3) is 0 Å². The number of piperidine rings is 1. The monoisotopic (exact) mass is 734 g/mol. The fourth-order valence-electron chi connectivity index (χ4n) is 6.39. The maximum Gasteiger partial charge on any atom is 0.326 e. The largest absolute Gasteiger partial charge is 0.480 e. The molecule has 0 spiro atoms. The Morgan fingerprint density at radius 1 is 0.660 bits per heavy atom. The molecule has 0 bridgehead atoms. The van der Waals surface area contributed by atoms with Crippen molar-refractivity contribution in [2.75, 3.05) is 26.7 Å². The zero-order valence-electron chi connectivity index (χ0n) is 29.5. The molecule has 2 aliphatic rings. The second-order valence-electron chi connectivity index (χ2n) is 13.4. The number of carbonyl (C=O) groups excluding carboxylic acids is 6. The van der Waals surface area contributed by atoms with Crippen LogP contribution in [0.4, 0.5) is 0 Å². The highest BCUT2D eigenvalue weighted by atomic mass is 16.4. The normalized spacial score (nSPS) is 23.3. The zero-order chi connectivity index (χ0) is 38.5. The summed E-state index contributed by atoms with van der Waals surface area (Å²) in [5, 5.41) is 29.2. The third-order valence-corrected chi connectivity index (χ3v) is 9.34. The van der Waals surface area contributed by atoms with E-state index < -0.39 is 97.4 Å². The number of aliphatic carboxylic acids is 2. The molecular weight excluding hydrogens is 688 g/mol. The van der Waals surface area contributed by atoms with Crippen molar-refractivity contribution >= 4 is 47.4 Å². The van der Waals surface area contributed by atoms with Crippen LogP contribution in [0.2, 0.25) is 0 Å². The van der Waals surface area contributed by atoms with Crippen molar-refractivity contribution in [3.05, 3.63) is 71.8 Å². The summed E-state index contributed by atoms with van der Waals surface area (Å²) in [6, 6.07) is 12.5. The average Bonchev–Trinajstić information content (AvgIpc) is 3.12. The number of hydrogen-bond acceptors (Lipinski definition) is 8. The van der Waals surface area contributed by atoms with E-state index in [2.05, 4.69) is 21.3 Å². The summed E-state index contributed by atoms with van der Waals surface area (Å²) in [7, 11) is 1.26. The SMILES string of the molecule is CN1CC(=O)N[C@@H](C(=O)O)CC(=O)N[C@@H](Cc2ccccc2)C(=O)NC(C(=O)N2CCC(Cc3ccccc3)CC2)CC(=O)N[C@@H](C(=O)O)CCC1=O. The van der Waals surface area contributed by atoms with Crippen LogP contribution in [0, 0.1) is 5.92 Å². The van der Waals surface area contributed by atoms with Crippen LogP contribution in [0.25, 0.3) is 0 Å². The van der Waals surface area contributed by atoms with Crippen molar-refractivity contribution in [3.63, 3.8) is 0 Å². The molecular formula is C37H46N6O10. The minimum atomic E-state index is -1.72. The smallest absolute Gasteiger partial charge is 0.326 e. The molecule has 0 aliphatic carbocycles. The van der Waals surface area contributed by atoms with Gasteiger partial charge in [-0.25, -0.2) is 9.59 Å². The number of rotatable bonds is 7. The lowest BCUT2D eigenvalue weighted by atomic mass is 9.90. The molecule has 16 heteroatoms. The summed E-state index contributed by atoms with van der Waals surface area (Å²) in [5.41, 5.74) is 1.79. The first-order chi connectivity index (χ1) is 25.3. The second kappa shape index (κ2) is 19.2. The fourth-order valence-corrected chi connectivity index (χ4v) is 6.39. The van der Waals surface area contributed by atoms with E-state index >= 15 is 0 Å². The van der Waals surface area contributed by atoms with Crippen LogP contribution in [-0.2, 0) is 51.2 Å². The molecule has 2 fully saturated rings. The predicted octanol–water partition coefficient (Wildman–Crippen LogP) is -0.149. The molecule has 1 unspecified atom stereocenters. The predicted molar refractivity (Wildman–Crippen MR) is 189 cm³/mol. The van der Waals surface area contributed by atoms with Crippen molar-refractivity contribution in [2.24, 2.45) is 5.92 Å². The second-order valence-corrected chi connectivity index (χ2v) is 13.4. The van der Waals surface area contributed by atoms with E-state index in [-0.39, 0.29) is 12.8 Å². The molecule has 2 heterocycles. The number of hydrogen-bond donors (Lipinski definition) is 6. The molecule has 0 saturated carbocycles. The van der Waals surface area contributed by atoms with Crippen LogP contribution in [0.5, 0.6) is 0 Å². The van der Waals surface area contributed by atoms with Crippen LogP contribution in [0.3, 0.4) is 0 Å². The lowest BCUT2D eigenvalue weighted by Crippen LogP contribution is -2.57. The number of nitrogens with one attached hydrogen (secondary N) is 4. The van der Waals surface area contributed by atoms with E-state index in [0.29, 0.717) is 37.4 Å². The summed E-state index contributed by atoms with van der Waals surface area (Å²) < 4.78 is 0. The molecule has 16 nitrogen and oxygen atoms in total. The van der Waals surface area contributed by atoms with Crippen molar-refractivity contribution < 1.29 is 48.6 Å². The Morgan fingerprint density at radius 2 is 1.19 bits per heavy atom. The van der Waals surface area contributed by atoms with Crippen molar-refractivity contribution in [3.8, 4) is 0 Å². The fraction of sp³-hybridized carbons (Fsp3) is 0.459. The molecule has 6 N–H and O–H groups in total. The Kier molecular flexibility index (Phi) is 14.4. The zero-order valence-corrected chi connectivity index (χ0v) is 29.5. The third kappa shape index (κ3) is 12.4. The van der Waals surface area contributed by atoms with Gasteiger partial charge in [0.15, 0.2) is 0 Å². The van der Waals surface area contributed by atoms with Crippen LogP contribution >= 0.6 is 0 Å². The lowest BCUT2D eigenvalue weighted by Gasteiger charge is -2.35. The Balaban J connectivity index is 1.61. The molecule has 2 aliphatic heterocycles. The van der Waals surface area contributed by atoms with Gasteiger partial charge in [-0.3, -0.25) is 28.8 Å². The van der Waals surface area contributed by atoms with Crippen molar-refractivity contribution in [1.29, 1.82) is 0 Å². The molecule has 284 valence electrons. The van der Waals surface area contributed by atoms with Crippen molar-refractivity contribution in [2.45, 2.75) is 75.5 Å². The van der Waals surface area contributed by atoms with Gasteiger partial charge in [0.2, 0.25) is 35.4 Å². The molecule has 2 saturated heterocycles. The molecule has 4 atom stereocenters. The Bertz CT molecular complexity index is 1650. The van der Waals surface area contributed by atoms with Gasteiger partial charge >= 0.3 is 11.9 Å². The average molecular weight is 735 g/mol. The molecule has 6 amide bonds. The number of carboxylic acid groups (broad SMARTS) is 2. The first kappa shape index (κ1) is 40.0. The van der Waals surface area contributed by atoms with Gasteiger partial charge in [0.05, 0.1) is 19.4 Å². The lowest BCUT2D eigenvalue weighted by molar-refractivity contribution is -0.144. The first-order valence-corrected chi connectivity index (χ1v) is 17.5. The number of carboxylic acids is 2. The molecule has 2 aromatic rings. The number of likely N-dealkylation sites (tertiary alicyclic amines) is 1. The van der Waals surface area contributed by atoms with Gasteiger partial charge in [0, 0.05) is 33.0 Å². The third-order valence-electron chi connectivity index (χ3n) is 9.34. The van der Waals surface area contributed by atoms with E-state index in [9.17, 15) is 48.6 Å². The minimum Gasteiger partial charge on any atom is -0.480 e. The van der Waals surface area contributed by atoms with Gasteiger partial charge in [-0.2, -0.15) is 0 Å². The Morgan fingerprint density at radius 3 is 1.77 bits per heavy atom. The summed E-state index contributed by atoms with van der Waals surface area (Å²) in [6.45, 7) is 0.106. The van der Waals surface area contributed by atoms with Crippen LogP contribution in [-0.4, -0.2) is 118 Å². The van der Waals surface area contributed by atoms with Crippen LogP contribution < -0.4 is 21.3 Å². The Labute approximate surface area is 306 Å². The number of carbonyl (C=O) groups is 8. The molecule has 53 heavy (non-hydrogen) atoms. The van der Waals surface area contributed by atoms with Gasteiger partial charge in [-0.05, 0) is 42.7 Å². The summed E-state index contributed by atoms with van der Waals surface area (Å²) in [4.78, 5) is 106. The van der Waals surface area contributed by atoms with Gasteiger partial charge in [-0.15, -0.1) is 0 Å². The van der Waals surface area contributed by atoms with Gasteiger partial charge < -0.3 is 41.3 Å². The minimum absolute atomic E-state index is 0.0749. The summed E-state index contributed by atoms with van der Waals surface area (Å²) >= 11 is 0. The quantitative estimate of drug-likeness (QED) is 0.220. The number of benzene rings is 2. The summed E-state index contributed by atoms with van der Waals surface area (Å²) in [6.07, 6.45) is -0.0683. The molecule has 0 aromatic heterocycles. The van der Waals surface area contributed by atoms with E-state index in [0.717, 1.165) is 11.3 Å². The van der Waals surface area contributed by atoms with E-state index in [1.807, 2.05) is 30.3 Å². The maximum atomic E-state index is 14.0. The molecule has 4 rings (SSSR count). The van der Waals surface area contributed by atoms with E-state index in [1.54, 1.807) is 35.2 Å². The molecule has 2 aromatic carbocycles. The van der Waals surface area contributed by atoms with Crippen LogP contribution in [0.1, 0.15) is 49.7 Å². The maximum absolute atomic E-state index is 14.0. The van der Waals surface area contributed by atoms with Gasteiger partial charge in [0.1, 0.15) is 24.2 Å². The van der Waals surface area contributed by atoms with Crippen molar-refractivity contribution in [1.82, 2.24) is 31.1 Å². The van der Waals surface area contributed by atoms with Crippen LogP contribution in [0.15, 0.2) is 60.7 Å². The number of amides is 6. The topological polar surface area (TPSA) is 232 Å². The van der Waals surface area contributed by atoms with E-state index in [4.69, 9.17) is 0 Å². The number of nitrogens with zero attached hydrogens (tertiary/aromatic N) is 2. The highest BCUT2D eigenvalue weighted by Gasteiger charge is 2.35. The highest BCUT2D eigenvalue weighted by Crippen LogP contribution is 2.22. The first-order valence-electron chi connectivity index (χ1n) is 17.5. The highest BCUT2D eigenvalue weighted by molar-refractivity contribution is 5.96. The standard InChI is InChI=1S/C37H46N6O10/c1-42-22-32(46)40-29(37(52)53)21-31(45)39-27(19-24-10-6-3-7-11-24)34(48)41-28(20-30(44)38-26(36(50)51)12-13-33(42)47)35(49)43-16-14-25(15-17-43)18-23-8-4-2-5-9-23/h2-11,25-29H,12-22H2,1H3,(H,38,44)(H,39,45)(H,40,46)(H,41,48)(H,50,51)(H,52,53)/t26-,27+,28?,29-/m1/s1. The Hall–Kier alpha value is -5.80. The number of likely N-dealkylation sites (N-methyl/N-ethyl adjacent to an activating group) is 1.